The molecule has 2 aliphatic carbocycles. The molecule has 0 bridgehead atoms. The smallest absolute Gasteiger partial charge is 0.432 e. The first-order valence-corrected chi connectivity index (χ1v) is 14.5. The molecule has 2 nitrogen and oxygen atoms in total. The van der Waals surface area contributed by atoms with Crippen LogP contribution >= 0.6 is 0 Å². The van der Waals surface area contributed by atoms with Crippen molar-refractivity contribution in [3.05, 3.63) is 83.2 Å². The van der Waals surface area contributed by atoms with Crippen molar-refractivity contribution < 1.29 is 44.6 Å². The molecule has 0 heterocycles. The highest BCUT2D eigenvalue weighted by Gasteiger charge is 2.44. The normalized spacial score (nSPS) is 23.2. The molecule has 0 N–H and O–H groups in total. The van der Waals surface area contributed by atoms with E-state index in [-0.39, 0.29) is 18.8 Å². The van der Waals surface area contributed by atoms with Crippen molar-refractivity contribution in [1.29, 1.82) is 0 Å². The fourth-order valence-electron chi connectivity index (χ4n) is 6.39. The Bertz CT molecular complexity index is 1380. The third-order valence-corrected chi connectivity index (χ3v) is 8.81. The Morgan fingerprint density at radius 1 is 0.605 bits per heavy atom. The van der Waals surface area contributed by atoms with Crippen molar-refractivity contribution in [1.82, 2.24) is 0 Å². The molecule has 3 aromatic carbocycles. The number of hydrogen-bond acceptors (Lipinski definition) is 2. The van der Waals surface area contributed by atoms with Crippen molar-refractivity contribution >= 4 is 0 Å². The number of halogens is 8. The number of hydrogen-bond donors (Lipinski definition) is 0. The zero-order valence-corrected chi connectivity index (χ0v) is 23.5. The number of benzene rings is 3. The summed E-state index contributed by atoms with van der Waals surface area (Å²) in [6.45, 7) is 2.28. The zero-order valence-electron chi connectivity index (χ0n) is 23.5. The van der Waals surface area contributed by atoms with Crippen LogP contribution in [0.1, 0.15) is 81.3 Å². The van der Waals surface area contributed by atoms with Crippen LogP contribution in [0.15, 0.2) is 54.6 Å². The van der Waals surface area contributed by atoms with Gasteiger partial charge in [0.05, 0.1) is 11.5 Å². The second-order valence-corrected chi connectivity index (χ2v) is 11.8. The third-order valence-electron chi connectivity index (χ3n) is 8.81. The summed E-state index contributed by atoms with van der Waals surface area (Å²) >= 11 is 0. The summed E-state index contributed by atoms with van der Waals surface area (Å²) in [5.41, 5.74) is 1.19. The molecule has 0 atom stereocenters. The van der Waals surface area contributed by atoms with Crippen LogP contribution in [0.5, 0.6) is 11.5 Å². The molecule has 3 aromatic rings. The van der Waals surface area contributed by atoms with Crippen LogP contribution in [0.3, 0.4) is 0 Å². The molecule has 0 aliphatic heterocycles. The van der Waals surface area contributed by atoms with Crippen LogP contribution in [0.2, 0.25) is 0 Å². The van der Waals surface area contributed by atoms with E-state index < -0.39 is 58.5 Å². The average Bonchev–Trinajstić information content (AvgIpc) is 2.94. The van der Waals surface area contributed by atoms with Crippen LogP contribution < -0.4 is 9.47 Å². The Balaban J connectivity index is 1.21. The number of ether oxygens (including phenoxy) is 2. The van der Waals surface area contributed by atoms with E-state index in [9.17, 15) is 26.3 Å². The van der Waals surface area contributed by atoms with E-state index >= 15 is 8.78 Å². The monoisotopic (exact) mass is 612 g/mol. The second-order valence-electron chi connectivity index (χ2n) is 11.8. The summed E-state index contributed by atoms with van der Waals surface area (Å²) in [5.74, 6) is -5.82. The van der Waals surface area contributed by atoms with Gasteiger partial charge >= 0.3 is 12.5 Å². The van der Waals surface area contributed by atoms with Gasteiger partial charge in [-0.2, -0.15) is 8.78 Å². The van der Waals surface area contributed by atoms with Crippen LogP contribution in [0, 0.1) is 29.3 Å². The molecule has 2 aliphatic rings. The van der Waals surface area contributed by atoms with E-state index in [1.807, 2.05) is 0 Å². The maximum absolute atomic E-state index is 15.1. The van der Waals surface area contributed by atoms with Gasteiger partial charge in [0.2, 0.25) is 0 Å². The van der Waals surface area contributed by atoms with Crippen LogP contribution in [-0.2, 0) is 0 Å². The summed E-state index contributed by atoms with van der Waals surface area (Å²) in [5, 5.41) is 0. The van der Waals surface area contributed by atoms with Crippen molar-refractivity contribution in [3.63, 3.8) is 0 Å². The topological polar surface area (TPSA) is 18.5 Å². The van der Waals surface area contributed by atoms with Gasteiger partial charge < -0.3 is 9.47 Å². The predicted molar refractivity (Wildman–Crippen MR) is 146 cm³/mol. The van der Waals surface area contributed by atoms with E-state index in [4.69, 9.17) is 4.74 Å². The quantitative estimate of drug-likeness (QED) is 0.247. The maximum Gasteiger partial charge on any atom is 0.573 e. The molecule has 5 rings (SSSR count). The molecule has 2 saturated carbocycles. The molecular formula is C33H32F8O2. The Labute approximate surface area is 245 Å². The van der Waals surface area contributed by atoms with E-state index in [1.54, 1.807) is 0 Å². The van der Waals surface area contributed by atoms with Crippen LogP contribution in [-0.4, -0.2) is 12.5 Å². The lowest BCUT2D eigenvalue weighted by Gasteiger charge is -2.33. The SMILES string of the molecule is CC1CCC(c2ccc(C3CCC(C(F)(F)Oc4cc(F)c(-c5ccc(OC(F)(F)F)c(F)c5)c(F)c4)CC3)cc2)CC1. The first-order chi connectivity index (χ1) is 20.3. The van der Waals surface area contributed by atoms with Crippen molar-refractivity contribution in [2.24, 2.45) is 11.8 Å². The van der Waals surface area contributed by atoms with Gasteiger partial charge in [0, 0.05) is 12.1 Å². The minimum Gasteiger partial charge on any atom is -0.432 e. The molecule has 232 valence electrons. The average molecular weight is 613 g/mol. The molecule has 0 amide bonds. The van der Waals surface area contributed by atoms with Gasteiger partial charge in [0.25, 0.3) is 0 Å². The molecule has 0 aromatic heterocycles. The van der Waals surface area contributed by atoms with E-state index in [0.717, 1.165) is 17.5 Å². The molecule has 0 saturated heterocycles. The second kappa shape index (κ2) is 12.4. The van der Waals surface area contributed by atoms with Crippen molar-refractivity contribution in [3.8, 4) is 22.6 Å². The lowest BCUT2D eigenvalue weighted by atomic mass is 9.76. The van der Waals surface area contributed by atoms with Gasteiger partial charge in [-0.05, 0) is 85.1 Å². The molecular weight excluding hydrogens is 580 g/mol. The van der Waals surface area contributed by atoms with Gasteiger partial charge in [-0.1, -0.05) is 50.1 Å². The molecule has 0 radical (unpaired) electrons. The van der Waals surface area contributed by atoms with Crippen LogP contribution in [0.25, 0.3) is 11.1 Å². The highest BCUT2D eigenvalue weighted by Crippen LogP contribution is 2.44. The van der Waals surface area contributed by atoms with E-state index in [1.165, 1.54) is 31.2 Å². The van der Waals surface area contributed by atoms with Gasteiger partial charge in [-0.3, -0.25) is 0 Å². The molecule has 2 fully saturated rings. The predicted octanol–water partition coefficient (Wildman–Crippen LogP) is 10.9. The highest BCUT2D eigenvalue weighted by atomic mass is 19.4. The van der Waals surface area contributed by atoms with E-state index in [0.29, 0.717) is 43.0 Å². The third kappa shape index (κ3) is 7.44. The maximum atomic E-state index is 15.1. The lowest BCUT2D eigenvalue weighted by Crippen LogP contribution is -2.37. The molecule has 0 unspecified atom stereocenters. The summed E-state index contributed by atoms with van der Waals surface area (Å²) < 4.78 is 119. The van der Waals surface area contributed by atoms with Gasteiger partial charge in [0.1, 0.15) is 17.4 Å². The minimum atomic E-state index is -5.17. The Kier molecular flexibility index (Phi) is 8.95. The zero-order chi connectivity index (χ0) is 30.9. The van der Waals surface area contributed by atoms with E-state index in [2.05, 4.69) is 35.9 Å². The summed E-state index contributed by atoms with van der Waals surface area (Å²) in [7, 11) is 0. The van der Waals surface area contributed by atoms with Gasteiger partial charge in [-0.15, -0.1) is 13.2 Å². The summed E-state index contributed by atoms with van der Waals surface area (Å²) in [6.07, 6.45) is -2.67. The summed E-state index contributed by atoms with van der Waals surface area (Å²) in [4.78, 5) is 0. The first-order valence-electron chi connectivity index (χ1n) is 14.5. The van der Waals surface area contributed by atoms with Crippen molar-refractivity contribution in [2.45, 2.75) is 82.6 Å². The largest absolute Gasteiger partial charge is 0.573 e. The molecule has 0 spiro atoms. The standard InChI is InChI=1S/C33H32F8O2/c1-19-2-4-20(5-3-19)21-6-8-22(9-7-21)23-10-13-25(14-11-23)32(37,38)42-26-17-28(35)31(29(36)18-26)24-12-15-30(27(34)16-24)43-33(39,40)41/h6-9,12,15-20,23,25H,2-5,10-11,13-14H2,1H3. The minimum absolute atomic E-state index is 0.134. The number of alkyl halides is 5. The first kappa shape index (κ1) is 31.1. The van der Waals surface area contributed by atoms with Gasteiger partial charge in [0.15, 0.2) is 11.6 Å². The molecule has 43 heavy (non-hydrogen) atoms. The Morgan fingerprint density at radius 3 is 1.60 bits per heavy atom. The van der Waals surface area contributed by atoms with Crippen LogP contribution in [0.4, 0.5) is 35.1 Å². The fraction of sp³-hybridized carbons (Fsp3) is 0.455. The Morgan fingerprint density at radius 2 is 1.12 bits per heavy atom. The summed E-state index contributed by atoms with van der Waals surface area (Å²) in [6, 6.07) is 11.5. The molecule has 10 heteroatoms. The highest BCUT2D eigenvalue weighted by molar-refractivity contribution is 5.67. The fourth-order valence-corrected chi connectivity index (χ4v) is 6.39. The van der Waals surface area contributed by atoms with Crippen molar-refractivity contribution in [2.75, 3.05) is 0 Å². The van der Waals surface area contributed by atoms with Gasteiger partial charge in [-0.25, -0.2) is 13.2 Å². The number of rotatable bonds is 7. The Hall–Kier alpha value is -3.30. The lowest BCUT2D eigenvalue weighted by molar-refractivity contribution is -0.275.